The number of pyridine rings is 1. The number of amides is 1. The Morgan fingerprint density at radius 1 is 1.35 bits per heavy atom. The Bertz CT molecular complexity index is 682. The number of hydrogen-bond donors (Lipinski definition) is 1. The maximum Gasteiger partial charge on any atom is 0.347 e. The van der Waals surface area contributed by atoms with Gasteiger partial charge in [0.15, 0.2) is 5.65 Å². The molecule has 0 radical (unpaired) electrons. The molecule has 1 aliphatic rings. The summed E-state index contributed by atoms with van der Waals surface area (Å²) in [5, 5.41) is 6.22. The molecule has 1 amide bonds. The van der Waals surface area contributed by atoms with Gasteiger partial charge in [0.25, 0.3) is 5.91 Å². The molecular formula is C14H18N4O2. The Morgan fingerprint density at radius 3 is 2.85 bits per heavy atom. The quantitative estimate of drug-likeness (QED) is 0.900. The lowest BCUT2D eigenvalue weighted by Crippen LogP contribution is -2.38. The normalized spacial score (nSPS) is 16.4. The first-order valence-electron chi connectivity index (χ1n) is 7.01. The van der Waals surface area contributed by atoms with Gasteiger partial charge in [0, 0.05) is 19.3 Å². The summed E-state index contributed by atoms with van der Waals surface area (Å²) in [6.45, 7) is 0. The molecule has 20 heavy (non-hydrogen) atoms. The molecule has 0 spiro atoms. The number of aromatic amines is 1. The first-order chi connectivity index (χ1) is 9.66. The Kier molecular flexibility index (Phi) is 3.30. The van der Waals surface area contributed by atoms with E-state index < -0.39 is 0 Å². The molecular weight excluding hydrogens is 256 g/mol. The highest BCUT2D eigenvalue weighted by Gasteiger charge is 2.23. The van der Waals surface area contributed by atoms with Crippen LogP contribution < -0.4 is 5.69 Å². The highest BCUT2D eigenvalue weighted by molar-refractivity contribution is 5.94. The van der Waals surface area contributed by atoms with Crippen LogP contribution in [-0.2, 0) is 0 Å². The molecule has 1 fully saturated rings. The van der Waals surface area contributed by atoms with Crippen LogP contribution in [0.3, 0.4) is 0 Å². The van der Waals surface area contributed by atoms with Crippen LogP contribution in [0.5, 0.6) is 0 Å². The molecule has 6 heteroatoms. The second-order valence-electron chi connectivity index (χ2n) is 5.38. The molecule has 3 rings (SSSR count). The Labute approximate surface area is 116 Å². The molecule has 2 heterocycles. The van der Waals surface area contributed by atoms with Gasteiger partial charge in [-0.2, -0.15) is 5.10 Å². The van der Waals surface area contributed by atoms with Crippen LogP contribution in [0.4, 0.5) is 0 Å². The lowest BCUT2D eigenvalue weighted by molar-refractivity contribution is 0.0695. The highest BCUT2D eigenvalue weighted by atomic mass is 16.2. The van der Waals surface area contributed by atoms with E-state index in [9.17, 15) is 9.59 Å². The Hall–Kier alpha value is -2.11. The molecule has 2 aromatic heterocycles. The number of rotatable bonds is 2. The molecule has 0 saturated heterocycles. The van der Waals surface area contributed by atoms with E-state index >= 15 is 0 Å². The van der Waals surface area contributed by atoms with Gasteiger partial charge in [-0.05, 0) is 25.0 Å². The van der Waals surface area contributed by atoms with E-state index in [1.807, 2.05) is 11.9 Å². The van der Waals surface area contributed by atoms with Crippen LogP contribution in [0.15, 0.2) is 23.1 Å². The smallest absolute Gasteiger partial charge is 0.339 e. The zero-order chi connectivity index (χ0) is 14.1. The van der Waals surface area contributed by atoms with Crippen molar-refractivity contribution in [3.63, 3.8) is 0 Å². The maximum atomic E-state index is 12.5. The van der Waals surface area contributed by atoms with Crippen LogP contribution in [0.1, 0.15) is 42.5 Å². The van der Waals surface area contributed by atoms with Crippen LogP contribution in [0.2, 0.25) is 0 Å². The fourth-order valence-electron chi connectivity index (χ4n) is 2.87. The molecule has 0 atom stereocenters. The average Bonchev–Trinajstić information content (AvgIpc) is 2.87. The summed E-state index contributed by atoms with van der Waals surface area (Å²) >= 11 is 0. The summed E-state index contributed by atoms with van der Waals surface area (Å²) < 4.78 is 1.36. The zero-order valence-electron chi connectivity index (χ0n) is 11.5. The van der Waals surface area contributed by atoms with Gasteiger partial charge in [-0.1, -0.05) is 19.3 Å². The number of carbonyl (C=O) groups is 1. The minimum absolute atomic E-state index is 0.0353. The standard InChI is InChI=1S/C14H18N4O2/c1-17(11-5-3-2-4-6-11)13(19)10-7-8-12-15-16-14(20)18(12)9-10/h7-9,11H,2-6H2,1H3,(H,16,20). The van der Waals surface area contributed by atoms with E-state index in [4.69, 9.17) is 0 Å². The number of carbonyl (C=O) groups excluding carboxylic acids is 1. The molecule has 106 valence electrons. The summed E-state index contributed by atoms with van der Waals surface area (Å²) in [6, 6.07) is 3.71. The molecule has 0 bridgehead atoms. The van der Waals surface area contributed by atoms with Crippen LogP contribution in [0, 0.1) is 0 Å². The van der Waals surface area contributed by atoms with Gasteiger partial charge in [-0.15, -0.1) is 0 Å². The highest BCUT2D eigenvalue weighted by Crippen LogP contribution is 2.22. The maximum absolute atomic E-state index is 12.5. The van der Waals surface area contributed by atoms with E-state index in [1.54, 1.807) is 18.3 Å². The largest absolute Gasteiger partial charge is 0.347 e. The second kappa shape index (κ2) is 5.11. The van der Waals surface area contributed by atoms with E-state index in [1.165, 1.54) is 23.7 Å². The third-order valence-corrected chi connectivity index (χ3v) is 4.10. The van der Waals surface area contributed by atoms with Crippen molar-refractivity contribution in [2.24, 2.45) is 0 Å². The van der Waals surface area contributed by atoms with Gasteiger partial charge < -0.3 is 4.90 Å². The molecule has 2 aromatic rings. The zero-order valence-corrected chi connectivity index (χ0v) is 11.5. The van der Waals surface area contributed by atoms with Crippen molar-refractivity contribution < 1.29 is 4.79 Å². The summed E-state index contributed by atoms with van der Waals surface area (Å²) in [5.41, 5.74) is 0.718. The van der Waals surface area contributed by atoms with E-state index in [-0.39, 0.29) is 11.6 Å². The summed E-state index contributed by atoms with van der Waals surface area (Å²) in [6.07, 6.45) is 7.31. The summed E-state index contributed by atoms with van der Waals surface area (Å²) in [4.78, 5) is 25.9. The van der Waals surface area contributed by atoms with Crippen molar-refractivity contribution in [1.82, 2.24) is 19.5 Å². The van der Waals surface area contributed by atoms with E-state index in [2.05, 4.69) is 10.2 Å². The van der Waals surface area contributed by atoms with E-state index in [0.29, 0.717) is 17.3 Å². The SMILES string of the molecule is CN(C(=O)c1ccc2n[nH]c(=O)n2c1)C1CCCCC1. The fourth-order valence-corrected chi connectivity index (χ4v) is 2.87. The topological polar surface area (TPSA) is 70.5 Å². The number of nitrogens with one attached hydrogen (secondary N) is 1. The molecule has 0 aromatic carbocycles. The first kappa shape index (κ1) is 12.9. The van der Waals surface area contributed by atoms with Crippen LogP contribution >= 0.6 is 0 Å². The van der Waals surface area contributed by atoms with E-state index in [0.717, 1.165) is 12.8 Å². The number of fused-ring (bicyclic) bond motifs is 1. The number of aromatic nitrogens is 3. The van der Waals surface area contributed by atoms with Gasteiger partial charge in [-0.25, -0.2) is 14.3 Å². The molecule has 0 aliphatic heterocycles. The van der Waals surface area contributed by atoms with Crippen molar-refractivity contribution in [2.75, 3.05) is 7.05 Å². The van der Waals surface area contributed by atoms with Crippen molar-refractivity contribution in [3.05, 3.63) is 34.4 Å². The van der Waals surface area contributed by atoms with Crippen molar-refractivity contribution in [3.8, 4) is 0 Å². The van der Waals surface area contributed by atoms with Crippen molar-refractivity contribution >= 4 is 11.6 Å². The number of H-pyrrole nitrogens is 1. The van der Waals surface area contributed by atoms with Gasteiger partial charge in [-0.3, -0.25) is 4.79 Å². The predicted molar refractivity (Wildman–Crippen MR) is 74.8 cm³/mol. The van der Waals surface area contributed by atoms with Gasteiger partial charge in [0.1, 0.15) is 0 Å². The third-order valence-electron chi connectivity index (χ3n) is 4.10. The lowest BCUT2D eigenvalue weighted by atomic mass is 9.94. The van der Waals surface area contributed by atoms with Crippen molar-refractivity contribution in [2.45, 2.75) is 38.1 Å². The molecule has 1 aliphatic carbocycles. The second-order valence-corrected chi connectivity index (χ2v) is 5.38. The van der Waals surface area contributed by atoms with Crippen LogP contribution in [-0.4, -0.2) is 38.5 Å². The minimum atomic E-state index is -0.324. The minimum Gasteiger partial charge on any atom is -0.339 e. The predicted octanol–water partition coefficient (Wildman–Crippen LogP) is 1.43. The number of hydrogen-bond acceptors (Lipinski definition) is 3. The monoisotopic (exact) mass is 274 g/mol. The molecule has 0 unspecified atom stereocenters. The average molecular weight is 274 g/mol. The fraction of sp³-hybridized carbons (Fsp3) is 0.500. The first-order valence-corrected chi connectivity index (χ1v) is 7.01. The van der Waals surface area contributed by atoms with Gasteiger partial charge in [0.2, 0.25) is 0 Å². The van der Waals surface area contributed by atoms with Gasteiger partial charge in [0.05, 0.1) is 5.56 Å². The van der Waals surface area contributed by atoms with Crippen LogP contribution in [0.25, 0.3) is 5.65 Å². The van der Waals surface area contributed by atoms with Gasteiger partial charge >= 0.3 is 5.69 Å². The lowest BCUT2D eigenvalue weighted by Gasteiger charge is -2.31. The Morgan fingerprint density at radius 2 is 2.10 bits per heavy atom. The third kappa shape index (κ3) is 2.21. The summed E-state index contributed by atoms with van der Waals surface area (Å²) in [5.74, 6) is -0.0353. The molecule has 6 nitrogen and oxygen atoms in total. The Balaban J connectivity index is 1.87. The molecule has 1 N–H and O–H groups in total. The van der Waals surface area contributed by atoms with Crippen molar-refractivity contribution in [1.29, 1.82) is 0 Å². The summed E-state index contributed by atoms with van der Waals surface area (Å²) in [7, 11) is 1.85. The molecule has 1 saturated carbocycles. The number of nitrogens with zero attached hydrogens (tertiary/aromatic N) is 3.